The summed E-state index contributed by atoms with van der Waals surface area (Å²) in [4.78, 5) is 21.7. The Kier molecular flexibility index (Phi) is 4.21. The quantitative estimate of drug-likeness (QED) is 0.299. The highest BCUT2D eigenvalue weighted by Gasteiger charge is 2.11. The Hall–Kier alpha value is -1.66. The van der Waals surface area contributed by atoms with Crippen LogP contribution >= 0.6 is 11.6 Å². The first kappa shape index (κ1) is 12.4. The number of benzene rings is 1. The summed E-state index contributed by atoms with van der Waals surface area (Å²) >= 11 is 5.54. The Balaban J connectivity index is 2.61. The van der Waals surface area contributed by atoms with E-state index in [0.29, 0.717) is 0 Å². The van der Waals surface area contributed by atoms with E-state index in [0.717, 1.165) is 6.07 Å². The Bertz CT molecular complexity index is 425. The second-order valence-electron chi connectivity index (χ2n) is 2.89. The molecule has 0 aromatic heterocycles. The third-order valence-corrected chi connectivity index (χ3v) is 2.03. The van der Waals surface area contributed by atoms with Gasteiger partial charge in [0.15, 0.2) is 0 Å². The monoisotopic (exact) mass is 245 g/mol. The number of rotatable bonds is 2. The van der Waals surface area contributed by atoms with Crippen molar-refractivity contribution in [2.24, 2.45) is 5.84 Å². The zero-order valence-corrected chi connectivity index (χ0v) is 8.84. The van der Waals surface area contributed by atoms with Crippen molar-refractivity contribution < 1.29 is 14.0 Å². The summed E-state index contributed by atoms with van der Waals surface area (Å²) in [5.74, 6) is 2.26. The van der Waals surface area contributed by atoms with Crippen LogP contribution in [0.1, 0.15) is 5.56 Å². The van der Waals surface area contributed by atoms with Crippen LogP contribution in [0.25, 0.3) is 0 Å². The maximum absolute atomic E-state index is 13.2. The van der Waals surface area contributed by atoms with Gasteiger partial charge in [0.1, 0.15) is 5.82 Å². The largest absolute Gasteiger partial charge is 0.344 e. The van der Waals surface area contributed by atoms with Crippen molar-refractivity contribution in [3.05, 3.63) is 34.6 Å². The lowest BCUT2D eigenvalue weighted by Crippen LogP contribution is -2.42. The minimum atomic E-state index is -0.991. The first-order valence-electron chi connectivity index (χ1n) is 4.27. The number of hydrogen-bond donors (Lipinski definition) is 3. The van der Waals surface area contributed by atoms with Crippen LogP contribution in [-0.4, -0.2) is 11.8 Å². The SMILES string of the molecule is NNC(=O)C(=O)NCc1ccc(Cl)cc1F. The van der Waals surface area contributed by atoms with Crippen molar-refractivity contribution in [1.82, 2.24) is 10.7 Å². The molecule has 0 spiro atoms. The number of amides is 2. The second-order valence-corrected chi connectivity index (χ2v) is 3.33. The summed E-state index contributed by atoms with van der Waals surface area (Å²) < 4.78 is 13.2. The molecule has 1 aromatic rings. The number of hydrogen-bond acceptors (Lipinski definition) is 3. The van der Waals surface area contributed by atoms with Crippen molar-refractivity contribution >= 4 is 23.4 Å². The molecule has 0 aliphatic carbocycles. The molecule has 1 aromatic carbocycles. The lowest BCUT2D eigenvalue weighted by atomic mass is 10.2. The molecule has 86 valence electrons. The molecule has 0 radical (unpaired) electrons. The number of carbonyl (C=O) groups is 2. The zero-order valence-electron chi connectivity index (χ0n) is 8.09. The van der Waals surface area contributed by atoms with Gasteiger partial charge in [0, 0.05) is 17.1 Å². The summed E-state index contributed by atoms with van der Waals surface area (Å²) in [6, 6.07) is 4.01. The van der Waals surface area contributed by atoms with Crippen LogP contribution in [0.3, 0.4) is 0 Å². The predicted octanol–water partition coefficient (Wildman–Crippen LogP) is 0.0852. The fourth-order valence-corrected chi connectivity index (χ4v) is 1.15. The molecule has 0 bridgehead atoms. The minimum absolute atomic E-state index is 0.116. The van der Waals surface area contributed by atoms with Crippen molar-refractivity contribution in [1.29, 1.82) is 0 Å². The molecule has 7 heteroatoms. The van der Waals surface area contributed by atoms with Gasteiger partial charge in [-0.25, -0.2) is 10.2 Å². The van der Waals surface area contributed by atoms with E-state index in [2.05, 4.69) is 5.32 Å². The molecule has 0 fully saturated rings. The van der Waals surface area contributed by atoms with E-state index in [4.69, 9.17) is 17.4 Å². The molecule has 5 nitrogen and oxygen atoms in total. The molecular formula is C9H9ClFN3O2. The van der Waals surface area contributed by atoms with Gasteiger partial charge in [-0.3, -0.25) is 15.0 Å². The average Bonchev–Trinajstić information content (AvgIpc) is 2.26. The second kappa shape index (κ2) is 5.43. The molecular weight excluding hydrogens is 237 g/mol. The number of hydrazine groups is 1. The normalized spacial score (nSPS) is 9.69. The van der Waals surface area contributed by atoms with Gasteiger partial charge in [-0.1, -0.05) is 17.7 Å². The fourth-order valence-electron chi connectivity index (χ4n) is 0.986. The third-order valence-electron chi connectivity index (χ3n) is 1.79. The van der Waals surface area contributed by atoms with Gasteiger partial charge in [-0.15, -0.1) is 0 Å². The Morgan fingerprint density at radius 2 is 2.06 bits per heavy atom. The Morgan fingerprint density at radius 3 is 2.62 bits per heavy atom. The van der Waals surface area contributed by atoms with Crippen LogP contribution in [0.4, 0.5) is 4.39 Å². The average molecular weight is 246 g/mol. The summed E-state index contributed by atoms with van der Waals surface area (Å²) in [6.07, 6.45) is 0. The van der Waals surface area contributed by atoms with E-state index in [1.165, 1.54) is 12.1 Å². The maximum atomic E-state index is 13.2. The molecule has 0 saturated heterocycles. The van der Waals surface area contributed by atoms with Crippen LogP contribution in [0, 0.1) is 5.82 Å². The summed E-state index contributed by atoms with van der Waals surface area (Å²) in [5, 5.41) is 2.45. The lowest BCUT2D eigenvalue weighted by molar-refractivity contribution is -0.139. The molecule has 4 N–H and O–H groups in total. The van der Waals surface area contributed by atoms with Crippen LogP contribution in [-0.2, 0) is 16.1 Å². The fraction of sp³-hybridized carbons (Fsp3) is 0.111. The predicted molar refractivity (Wildman–Crippen MR) is 55.6 cm³/mol. The molecule has 0 aliphatic rings. The van der Waals surface area contributed by atoms with Gasteiger partial charge in [0.05, 0.1) is 0 Å². The topological polar surface area (TPSA) is 84.2 Å². The minimum Gasteiger partial charge on any atom is -0.344 e. The van der Waals surface area contributed by atoms with E-state index < -0.39 is 17.6 Å². The van der Waals surface area contributed by atoms with Crippen molar-refractivity contribution in [3.8, 4) is 0 Å². The van der Waals surface area contributed by atoms with Crippen LogP contribution < -0.4 is 16.6 Å². The van der Waals surface area contributed by atoms with Crippen molar-refractivity contribution in [3.63, 3.8) is 0 Å². The van der Waals surface area contributed by atoms with Gasteiger partial charge in [-0.05, 0) is 12.1 Å². The smallest absolute Gasteiger partial charge is 0.323 e. The number of nitrogens with one attached hydrogen (secondary N) is 2. The summed E-state index contributed by atoms with van der Waals surface area (Å²) in [6.45, 7) is -0.116. The maximum Gasteiger partial charge on any atom is 0.323 e. The molecule has 0 aliphatic heterocycles. The summed E-state index contributed by atoms with van der Waals surface area (Å²) in [5.41, 5.74) is 1.88. The van der Waals surface area contributed by atoms with Crippen LogP contribution in [0.5, 0.6) is 0 Å². The first-order valence-corrected chi connectivity index (χ1v) is 4.65. The highest BCUT2D eigenvalue weighted by molar-refractivity contribution is 6.34. The number of carbonyl (C=O) groups excluding carboxylic acids is 2. The third kappa shape index (κ3) is 3.18. The van der Waals surface area contributed by atoms with E-state index in [1.807, 2.05) is 0 Å². The number of nitrogens with two attached hydrogens (primary N) is 1. The van der Waals surface area contributed by atoms with Gasteiger partial charge < -0.3 is 5.32 Å². The molecule has 0 saturated carbocycles. The molecule has 0 unspecified atom stereocenters. The molecule has 0 atom stereocenters. The molecule has 0 heterocycles. The lowest BCUT2D eigenvalue weighted by Gasteiger charge is -2.05. The van der Waals surface area contributed by atoms with Crippen LogP contribution in [0.2, 0.25) is 5.02 Å². The molecule has 16 heavy (non-hydrogen) atoms. The van der Waals surface area contributed by atoms with E-state index in [9.17, 15) is 14.0 Å². The zero-order chi connectivity index (χ0) is 12.1. The molecule has 1 rings (SSSR count). The highest BCUT2D eigenvalue weighted by atomic mass is 35.5. The Morgan fingerprint density at radius 1 is 1.38 bits per heavy atom. The van der Waals surface area contributed by atoms with E-state index >= 15 is 0 Å². The van der Waals surface area contributed by atoms with Crippen molar-refractivity contribution in [2.75, 3.05) is 0 Å². The van der Waals surface area contributed by atoms with E-state index in [1.54, 1.807) is 5.43 Å². The van der Waals surface area contributed by atoms with Gasteiger partial charge in [0.2, 0.25) is 0 Å². The van der Waals surface area contributed by atoms with Gasteiger partial charge >= 0.3 is 11.8 Å². The highest BCUT2D eigenvalue weighted by Crippen LogP contribution is 2.14. The van der Waals surface area contributed by atoms with Gasteiger partial charge in [0.25, 0.3) is 0 Å². The van der Waals surface area contributed by atoms with Gasteiger partial charge in [-0.2, -0.15) is 0 Å². The number of halogens is 2. The summed E-state index contributed by atoms with van der Waals surface area (Å²) in [7, 11) is 0. The molecule has 2 amide bonds. The van der Waals surface area contributed by atoms with Crippen molar-refractivity contribution in [2.45, 2.75) is 6.54 Å². The standard InChI is InChI=1S/C9H9ClFN3O2/c10-6-2-1-5(7(11)3-6)4-13-8(15)9(16)14-12/h1-3H,4,12H2,(H,13,15)(H,14,16). The van der Waals surface area contributed by atoms with Crippen LogP contribution in [0.15, 0.2) is 18.2 Å². The first-order chi connectivity index (χ1) is 7.54. The van der Waals surface area contributed by atoms with E-state index in [-0.39, 0.29) is 17.1 Å². The Labute approximate surface area is 95.7 Å².